The van der Waals surface area contributed by atoms with Crippen LogP contribution in [-0.2, 0) is 28.6 Å². The van der Waals surface area contributed by atoms with Crippen LogP contribution < -0.4 is 4.90 Å². The predicted molar refractivity (Wildman–Crippen MR) is 129 cm³/mol. The Hall–Kier alpha value is -3.29. The number of hydrogen-bond acceptors (Lipinski definition) is 3. The molecule has 7 heteroatoms. The first kappa shape index (κ1) is 25.3. The number of rotatable bonds is 6. The molecule has 0 spiro atoms. The molecule has 3 aromatic carbocycles. The molecule has 1 heterocycles. The van der Waals surface area contributed by atoms with Gasteiger partial charge in [0.1, 0.15) is 11.6 Å². The molecule has 1 N–H and O–H groups in total. The van der Waals surface area contributed by atoms with Crippen molar-refractivity contribution in [3.8, 4) is 0 Å². The minimum atomic E-state index is -0.688. The van der Waals surface area contributed by atoms with E-state index < -0.39 is 17.0 Å². The number of likely N-dealkylation sites (N-methyl/N-ethyl adjacent to an activating group) is 1. The molecule has 0 aromatic heterocycles. The number of aliphatic hydroxyl groups excluding tert-OH is 1. The van der Waals surface area contributed by atoms with E-state index >= 15 is 0 Å². The maximum absolute atomic E-state index is 14.9. The summed E-state index contributed by atoms with van der Waals surface area (Å²) in [6.07, 6.45) is 3.78. The number of allylic oxidation sites excluding steroid dienone is 2. The molecule has 1 atom stereocenters. The van der Waals surface area contributed by atoms with E-state index in [0.717, 1.165) is 17.3 Å². The molecule has 1 aliphatic rings. The Bertz CT molecular complexity index is 1230. The van der Waals surface area contributed by atoms with Crippen LogP contribution >= 0.6 is 0 Å². The van der Waals surface area contributed by atoms with E-state index in [-0.39, 0.29) is 22.7 Å². The summed E-state index contributed by atoms with van der Waals surface area (Å²) in [5, 5.41) is 18.0. The molecule has 1 radical (unpaired) electrons. The van der Waals surface area contributed by atoms with Crippen LogP contribution in [-0.4, -0.2) is 23.8 Å². The van der Waals surface area contributed by atoms with Crippen LogP contribution in [0.4, 0.5) is 14.5 Å². The summed E-state index contributed by atoms with van der Waals surface area (Å²) in [5.74, 6) is -1.40. The summed E-state index contributed by atoms with van der Waals surface area (Å²) in [6.45, 7) is 4.40. The van der Waals surface area contributed by atoms with Crippen LogP contribution in [0, 0.1) is 11.6 Å². The summed E-state index contributed by atoms with van der Waals surface area (Å²) in [6, 6.07) is 21.1. The van der Waals surface area contributed by atoms with Gasteiger partial charge in [-0.1, -0.05) is 48.5 Å². The second kappa shape index (κ2) is 10.8. The Balaban J connectivity index is 0.00000324. The number of hydrogen-bond donors (Lipinski definition) is 1. The van der Waals surface area contributed by atoms with Crippen molar-refractivity contribution in [3.05, 3.63) is 113 Å². The molecule has 34 heavy (non-hydrogen) atoms. The van der Waals surface area contributed by atoms with E-state index in [9.17, 15) is 13.9 Å². The minimum Gasteiger partial charge on any atom is -0.492 e. The third-order valence-electron chi connectivity index (χ3n) is 5.95. The van der Waals surface area contributed by atoms with Crippen molar-refractivity contribution >= 4 is 17.8 Å². The average Bonchev–Trinajstić information content (AvgIpc) is 3.05. The molecular formula is C27H25CoF2N3O. The van der Waals surface area contributed by atoms with Crippen LogP contribution in [0.25, 0.3) is 0 Å². The van der Waals surface area contributed by atoms with E-state index in [2.05, 4.69) is 10.2 Å². The second-order valence-electron chi connectivity index (χ2n) is 8.13. The number of fused-ring (bicyclic) bond motifs is 1. The number of aliphatic hydroxyl groups is 1. The third-order valence-corrected chi connectivity index (χ3v) is 5.95. The van der Waals surface area contributed by atoms with E-state index in [1.54, 1.807) is 30.3 Å². The zero-order valence-corrected chi connectivity index (χ0v) is 19.9. The van der Waals surface area contributed by atoms with Gasteiger partial charge < -0.3 is 10.0 Å². The van der Waals surface area contributed by atoms with E-state index in [1.807, 2.05) is 55.1 Å². The Labute approximate surface area is 208 Å². The zero-order chi connectivity index (χ0) is 23.4. The van der Waals surface area contributed by atoms with Crippen LogP contribution in [0.15, 0.2) is 94.8 Å². The third kappa shape index (κ3) is 4.95. The average molecular weight is 504 g/mol. The largest absolute Gasteiger partial charge is 0.492 e. The van der Waals surface area contributed by atoms with Crippen molar-refractivity contribution in [1.82, 2.24) is 0 Å². The van der Waals surface area contributed by atoms with Crippen molar-refractivity contribution < 1.29 is 30.7 Å². The maximum atomic E-state index is 14.9. The fourth-order valence-corrected chi connectivity index (χ4v) is 4.45. The van der Waals surface area contributed by atoms with Gasteiger partial charge in [-0.25, -0.2) is 8.78 Å². The smallest absolute Gasteiger partial charge is 0.238 e. The summed E-state index contributed by atoms with van der Waals surface area (Å²) in [7, 11) is 0. The molecule has 0 saturated carbocycles. The molecule has 0 amide bonds. The Kier molecular flexibility index (Phi) is 8.01. The molecule has 177 valence electrons. The standard InChI is InChI=1S/C27H25F2N3O.Co/c1-3-32-24(14-15-30-31-26(33)20-12-8-5-9-13-20)27(2,18-19-10-6-4-7-11-19)22-16-21(28)17-23(29)25(22)32;/h4-17H,3,18H2,1-2H3,(H,31,33);/b24-14-,30-15+;. The van der Waals surface area contributed by atoms with Crippen molar-refractivity contribution in [1.29, 1.82) is 0 Å². The zero-order valence-electron chi connectivity index (χ0n) is 18.9. The van der Waals surface area contributed by atoms with Crippen molar-refractivity contribution in [2.24, 2.45) is 10.2 Å². The number of nitrogens with zero attached hydrogens (tertiary/aromatic N) is 3. The van der Waals surface area contributed by atoms with Crippen LogP contribution in [0.3, 0.4) is 0 Å². The maximum Gasteiger partial charge on any atom is 0.238 e. The normalized spacial score (nSPS) is 18.9. The molecule has 1 aliphatic heterocycles. The van der Waals surface area contributed by atoms with Gasteiger partial charge in [0.2, 0.25) is 5.90 Å². The van der Waals surface area contributed by atoms with Crippen molar-refractivity contribution in [2.75, 3.05) is 11.4 Å². The molecule has 0 bridgehead atoms. The fraction of sp³-hybridized carbons (Fsp3) is 0.185. The monoisotopic (exact) mass is 504 g/mol. The van der Waals surface area contributed by atoms with Gasteiger partial charge in [-0.15, -0.1) is 5.10 Å². The van der Waals surface area contributed by atoms with Crippen LogP contribution in [0.1, 0.15) is 30.5 Å². The molecule has 3 aromatic rings. The second-order valence-corrected chi connectivity index (χ2v) is 8.13. The summed E-state index contributed by atoms with van der Waals surface area (Å²) < 4.78 is 29.2. The van der Waals surface area contributed by atoms with Crippen LogP contribution in [0.2, 0.25) is 0 Å². The Morgan fingerprint density at radius 1 is 1.03 bits per heavy atom. The number of halogens is 2. The van der Waals surface area contributed by atoms with Gasteiger partial charge in [0.15, 0.2) is 0 Å². The fourth-order valence-electron chi connectivity index (χ4n) is 4.45. The number of benzene rings is 3. The van der Waals surface area contributed by atoms with Gasteiger partial charge in [-0.2, -0.15) is 5.10 Å². The predicted octanol–water partition coefficient (Wildman–Crippen LogP) is 6.18. The molecule has 4 rings (SSSR count). The Morgan fingerprint density at radius 2 is 1.68 bits per heavy atom. The number of anilines is 1. The van der Waals surface area contributed by atoms with E-state index in [4.69, 9.17) is 0 Å². The molecule has 4 nitrogen and oxygen atoms in total. The molecule has 1 unspecified atom stereocenters. The summed E-state index contributed by atoms with van der Waals surface area (Å²) >= 11 is 0. The van der Waals surface area contributed by atoms with Crippen molar-refractivity contribution in [3.63, 3.8) is 0 Å². The quantitative estimate of drug-likeness (QED) is 0.248. The van der Waals surface area contributed by atoms with Crippen molar-refractivity contribution in [2.45, 2.75) is 25.7 Å². The molecule has 0 saturated heterocycles. The molecule has 0 fully saturated rings. The van der Waals surface area contributed by atoms with E-state index in [1.165, 1.54) is 12.3 Å². The van der Waals surface area contributed by atoms with Gasteiger partial charge in [-0.3, -0.25) is 0 Å². The van der Waals surface area contributed by atoms with Gasteiger partial charge in [0.05, 0.1) is 11.9 Å². The van der Waals surface area contributed by atoms with E-state index in [0.29, 0.717) is 29.8 Å². The first-order valence-electron chi connectivity index (χ1n) is 10.8. The first-order valence-corrected chi connectivity index (χ1v) is 10.8. The van der Waals surface area contributed by atoms with Gasteiger partial charge in [0, 0.05) is 46.1 Å². The summed E-state index contributed by atoms with van der Waals surface area (Å²) in [5.41, 5.74) is 2.68. The molecular weight excluding hydrogens is 479 g/mol. The van der Waals surface area contributed by atoms with Gasteiger partial charge >= 0.3 is 0 Å². The topological polar surface area (TPSA) is 48.2 Å². The SMILES string of the molecule is CCN1\C(=C/C=N/N=C(\O)c2ccccc2)C(C)(Cc2ccccc2)c2cc(F)cc(F)c21.[Co]. The van der Waals surface area contributed by atoms with Gasteiger partial charge in [-0.05, 0) is 55.7 Å². The minimum absolute atomic E-state index is 0. The molecule has 0 aliphatic carbocycles. The summed E-state index contributed by atoms with van der Waals surface area (Å²) in [4.78, 5) is 1.85. The first-order chi connectivity index (χ1) is 15.9. The Morgan fingerprint density at radius 3 is 2.32 bits per heavy atom. The van der Waals surface area contributed by atoms with Gasteiger partial charge in [0.25, 0.3) is 0 Å². The van der Waals surface area contributed by atoms with Crippen LogP contribution in [0.5, 0.6) is 0 Å².